The van der Waals surface area contributed by atoms with E-state index in [2.05, 4.69) is 5.32 Å². The van der Waals surface area contributed by atoms with Crippen molar-refractivity contribution in [3.05, 3.63) is 40.9 Å². The van der Waals surface area contributed by atoms with Crippen LogP contribution in [0.1, 0.15) is 18.4 Å². The number of carbonyl (C=O) groups excluding carboxylic acids is 1. The van der Waals surface area contributed by atoms with E-state index in [0.717, 1.165) is 0 Å². The van der Waals surface area contributed by atoms with Gasteiger partial charge in [0.15, 0.2) is 0 Å². The van der Waals surface area contributed by atoms with Crippen LogP contribution < -0.4 is 5.32 Å². The molecule has 0 aromatic heterocycles. The molecule has 0 heterocycles. The second kappa shape index (κ2) is 6.42. The highest BCUT2D eigenvalue weighted by atomic mass is 35.5. The summed E-state index contributed by atoms with van der Waals surface area (Å²) in [5, 5.41) is 21.0. The summed E-state index contributed by atoms with van der Waals surface area (Å²) in [5.41, 5.74) is 0.687. The van der Waals surface area contributed by atoms with Crippen molar-refractivity contribution in [3.63, 3.8) is 0 Å². The third kappa shape index (κ3) is 3.41. The highest BCUT2D eigenvalue weighted by Gasteiger charge is 2.33. The standard InChI is InChI=1S/C15H13ClN2O3/c16-13-6-5-10(7-9(13)8-17)18-14(19)11-3-1-2-4-12(11)15(20)21/h1-2,5-7,11-12H,3-4H2,(H,18,19)(H,20,21)/t11-,12+/m1/s1. The SMILES string of the molecule is N#Cc1cc(NC(=O)[C@@H]2CC=CC[C@@H]2C(=O)O)ccc1Cl. The van der Waals surface area contributed by atoms with E-state index in [1.54, 1.807) is 12.1 Å². The summed E-state index contributed by atoms with van der Waals surface area (Å²) in [5.74, 6) is -2.68. The number of benzene rings is 1. The molecule has 0 saturated carbocycles. The Morgan fingerprint density at radius 1 is 1.29 bits per heavy atom. The van der Waals surface area contributed by atoms with Crippen LogP contribution in [-0.2, 0) is 9.59 Å². The number of aliphatic carboxylic acids is 1. The molecule has 21 heavy (non-hydrogen) atoms. The molecule has 2 atom stereocenters. The Morgan fingerprint density at radius 3 is 2.57 bits per heavy atom. The number of hydrogen-bond donors (Lipinski definition) is 2. The Bertz CT molecular complexity index is 649. The van der Waals surface area contributed by atoms with E-state index >= 15 is 0 Å². The van der Waals surface area contributed by atoms with E-state index in [1.165, 1.54) is 12.1 Å². The van der Waals surface area contributed by atoms with Crippen molar-refractivity contribution < 1.29 is 14.7 Å². The predicted molar refractivity (Wildman–Crippen MR) is 77.8 cm³/mol. The summed E-state index contributed by atoms with van der Waals surface area (Å²) in [6.07, 6.45) is 4.32. The minimum atomic E-state index is -0.978. The van der Waals surface area contributed by atoms with E-state index < -0.39 is 17.8 Å². The summed E-state index contributed by atoms with van der Waals surface area (Å²) in [6, 6.07) is 6.49. The Balaban J connectivity index is 2.16. The van der Waals surface area contributed by atoms with Crippen molar-refractivity contribution in [2.24, 2.45) is 11.8 Å². The number of nitrogens with zero attached hydrogens (tertiary/aromatic N) is 1. The van der Waals surface area contributed by atoms with Crippen molar-refractivity contribution in [1.82, 2.24) is 0 Å². The van der Waals surface area contributed by atoms with Gasteiger partial charge in [-0.1, -0.05) is 23.8 Å². The fraction of sp³-hybridized carbons (Fsp3) is 0.267. The van der Waals surface area contributed by atoms with Gasteiger partial charge < -0.3 is 10.4 Å². The molecule has 2 rings (SSSR count). The largest absolute Gasteiger partial charge is 0.481 e. The Hall–Kier alpha value is -2.32. The van der Waals surface area contributed by atoms with E-state index in [1.807, 2.05) is 12.1 Å². The topological polar surface area (TPSA) is 90.2 Å². The van der Waals surface area contributed by atoms with Gasteiger partial charge >= 0.3 is 5.97 Å². The van der Waals surface area contributed by atoms with Crippen LogP contribution in [0.4, 0.5) is 5.69 Å². The van der Waals surface area contributed by atoms with Gasteiger partial charge in [-0.05, 0) is 31.0 Å². The number of carboxylic acids is 1. The van der Waals surface area contributed by atoms with Gasteiger partial charge in [0.25, 0.3) is 0 Å². The number of amides is 1. The maximum absolute atomic E-state index is 12.2. The van der Waals surface area contributed by atoms with Crippen LogP contribution in [0.15, 0.2) is 30.4 Å². The smallest absolute Gasteiger partial charge is 0.307 e. The molecule has 108 valence electrons. The molecule has 0 spiro atoms. The van der Waals surface area contributed by atoms with Crippen molar-refractivity contribution >= 4 is 29.2 Å². The molecular weight excluding hydrogens is 292 g/mol. The van der Waals surface area contributed by atoms with E-state index in [0.29, 0.717) is 23.6 Å². The average molecular weight is 305 g/mol. The second-order valence-electron chi connectivity index (χ2n) is 4.79. The third-order valence-corrected chi connectivity index (χ3v) is 3.77. The Kier molecular flexibility index (Phi) is 4.61. The number of anilines is 1. The van der Waals surface area contributed by atoms with Gasteiger partial charge in [0.2, 0.25) is 5.91 Å². The molecule has 0 aliphatic heterocycles. The predicted octanol–water partition coefficient (Wildman–Crippen LogP) is 2.82. The van der Waals surface area contributed by atoms with Crippen molar-refractivity contribution in [3.8, 4) is 6.07 Å². The lowest BCUT2D eigenvalue weighted by molar-refractivity contribution is -0.146. The van der Waals surface area contributed by atoms with Crippen LogP contribution in [0.25, 0.3) is 0 Å². The molecule has 1 aliphatic rings. The summed E-state index contributed by atoms with van der Waals surface area (Å²) in [4.78, 5) is 23.4. The first kappa shape index (κ1) is 15.1. The molecule has 6 heteroatoms. The van der Waals surface area contributed by atoms with Gasteiger partial charge in [0.05, 0.1) is 22.4 Å². The van der Waals surface area contributed by atoms with Crippen molar-refractivity contribution in [1.29, 1.82) is 5.26 Å². The minimum absolute atomic E-state index is 0.257. The van der Waals surface area contributed by atoms with Crippen molar-refractivity contribution in [2.45, 2.75) is 12.8 Å². The molecule has 1 aromatic carbocycles. The second-order valence-corrected chi connectivity index (χ2v) is 5.20. The summed E-state index contributed by atoms with van der Waals surface area (Å²) in [6.45, 7) is 0. The van der Waals surface area contributed by atoms with Gasteiger partial charge in [-0.25, -0.2) is 0 Å². The van der Waals surface area contributed by atoms with Gasteiger partial charge in [-0.2, -0.15) is 5.26 Å². The summed E-state index contributed by atoms with van der Waals surface area (Å²) in [7, 11) is 0. The Labute approximate surface area is 126 Å². The first-order chi connectivity index (χ1) is 10.0. The van der Waals surface area contributed by atoms with Crippen LogP contribution in [0.2, 0.25) is 5.02 Å². The van der Waals surface area contributed by atoms with Gasteiger partial charge in [0, 0.05) is 5.69 Å². The molecule has 0 unspecified atom stereocenters. The van der Waals surface area contributed by atoms with E-state index in [-0.39, 0.29) is 11.5 Å². The molecule has 1 amide bonds. The molecule has 2 N–H and O–H groups in total. The lowest BCUT2D eigenvalue weighted by Gasteiger charge is -2.24. The number of allylic oxidation sites excluding steroid dienone is 2. The van der Waals surface area contributed by atoms with E-state index in [9.17, 15) is 9.59 Å². The van der Waals surface area contributed by atoms with Crippen LogP contribution in [0.5, 0.6) is 0 Å². The molecule has 0 fully saturated rings. The first-order valence-corrected chi connectivity index (χ1v) is 6.79. The minimum Gasteiger partial charge on any atom is -0.481 e. The zero-order valence-electron chi connectivity index (χ0n) is 11.0. The highest BCUT2D eigenvalue weighted by Crippen LogP contribution is 2.28. The molecule has 0 saturated heterocycles. The number of hydrogen-bond acceptors (Lipinski definition) is 3. The fourth-order valence-electron chi connectivity index (χ4n) is 2.30. The number of carbonyl (C=O) groups is 2. The zero-order chi connectivity index (χ0) is 15.4. The molecule has 1 aromatic rings. The van der Waals surface area contributed by atoms with Gasteiger partial charge in [-0.15, -0.1) is 0 Å². The number of rotatable bonds is 3. The normalized spacial score (nSPS) is 20.6. The molecule has 1 aliphatic carbocycles. The quantitative estimate of drug-likeness (QED) is 0.840. The molecule has 0 radical (unpaired) electrons. The maximum Gasteiger partial charge on any atom is 0.307 e. The van der Waals surface area contributed by atoms with Crippen LogP contribution in [-0.4, -0.2) is 17.0 Å². The average Bonchev–Trinajstić information content (AvgIpc) is 2.49. The maximum atomic E-state index is 12.2. The van der Waals surface area contributed by atoms with E-state index in [4.69, 9.17) is 22.0 Å². The molecule has 0 bridgehead atoms. The Morgan fingerprint density at radius 2 is 1.95 bits per heavy atom. The van der Waals surface area contributed by atoms with Crippen molar-refractivity contribution in [2.75, 3.05) is 5.32 Å². The number of carboxylic acid groups (broad SMARTS) is 1. The van der Waals surface area contributed by atoms with Gasteiger partial charge in [0.1, 0.15) is 6.07 Å². The fourth-order valence-corrected chi connectivity index (χ4v) is 2.46. The highest BCUT2D eigenvalue weighted by molar-refractivity contribution is 6.31. The van der Waals surface area contributed by atoms with Crippen LogP contribution in [0.3, 0.4) is 0 Å². The first-order valence-electron chi connectivity index (χ1n) is 6.41. The number of halogens is 1. The number of nitrogens with one attached hydrogen (secondary N) is 1. The molecule has 5 nitrogen and oxygen atoms in total. The molecular formula is C15H13ClN2O3. The summed E-state index contributed by atoms with van der Waals surface area (Å²) < 4.78 is 0. The van der Waals surface area contributed by atoms with Crippen LogP contribution in [0, 0.1) is 23.2 Å². The van der Waals surface area contributed by atoms with Gasteiger partial charge in [-0.3, -0.25) is 9.59 Å². The monoisotopic (exact) mass is 304 g/mol. The summed E-state index contributed by atoms with van der Waals surface area (Å²) >= 11 is 5.82. The lowest BCUT2D eigenvalue weighted by atomic mass is 9.82. The number of nitriles is 1. The van der Waals surface area contributed by atoms with Crippen LogP contribution >= 0.6 is 11.6 Å². The third-order valence-electron chi connectivity index (χ3n) is 3.44. The lowest BCUT2D eigenvalue weighted by Crippen LogP contribution is -2.34. The zero-order valence-corrected chi connectivity index (χ0v) is 11.8.